The zero-order valence-corrected chi connectivity index (χ0v) is 14.6. The molecule has 0 spiro atoms. The highest BCUT2D eigenvalue weighted by Gasteiger charge is 2.21. The summed E-state index contributed by atoms with van der Waals surface area (Å²) >= 11 is 3.48. The van der Waals surface area contributed by atoms with Crippen molar-refractivity contribution in [2.75, 3.05) is 5.73 Å². The Bertz CT molecular complexity index is 678. The van der Waals surface area contributed by atoms with Crippen molar-refractivity contribution in [1.29, 1.82) is 0 Å². The summed E-state index contributed by atoms with van der Waals surface area (Å²) in [5, 5.41) is 0. The van der Waals surface area contributed by atoms with E-state index in [9.17, 15) is 0 Å². The molecule has 0 saturated carbocycles. The van der Waals surface area contributed by atoms with E-state index in [0.717, 1.165) is 21.3 Å². The van der Waals surface area contributed by atoms with Gasteiger partial charge in [0, 0.05) is 9.89 Å². The topological polar surface area (TPSA) is 61.0 Å². The number of aromatic nitrogens is 2. The molecule has 2 aromatic rings. The van der Waals surface area contributed by atoms with Crippen molar-refractivity contribution < 1.29 is 4.74 Å². The first-order valence-electron chi connectivity index (χ1n) is 6.77. The third kappa shape index (κ3) is 3.53. The van der Waals surface area contributed by atoms with Crippen molar-refractivity contribution in [2.24, 2.45) is 0 Å². The van der Waals surface area contributed by atoms with Crippen LogP contribution in [0.3, 0.4) is 0 Å². The normalized spacial score (nSPS) is 11.5. The van der Waals surface area contributed by atoms with Crippen molar-refractivity contribution in [2.45, 2.75) is 40.0 Å². The molecule has 112 valence electrons. The average Bonchev–Trinajstić information content (AvgIpc) is 2.38. The van der Waals surface area contributed by atoms with Crippen LogP contribution in [-0.2, 0) is 5.41 Å². The van der Waals surface area contributed by atoms with E-state index < -0.39 is 0 Å². The number of hydrogen-bond donors (Lipinski definition) is 1. The fourth-order valence-corrected chi connectivity index (χ4v) is 1.99. The Morgan fingerprint density at radius 1 is 1.14 bits per heavy atom. The lowest BCUT2D eigenvalue weighted by Gasteiger charge is -2.19. The second-order valence-corrected chi connectivity index (χ2v) is 6.98. The van der Waals surface area contributed by atoms with Gasteiger partial charge in [-0.05, 0) is 37.6 Å². The fraction of sp³-hybridized carbons (Fsp3) is 0.375. The van der Waals surface area contributed by atoms with E-state index in [4.69, 9.17) is 10.5 Å². The number of nitrogen functional groups attached to an aromatic ring is 1. The van der Waals surface area contributed by atoms with E-state index in [0.29, 0.717) is 17.5 Å². The molecule has 0 bridgehead atoms. The molecule has 1 heterocycles. The lowest BCUT2D eigenvalue weighted by atomic mass is 9.95. The highest BCUT2D eigenvalue weighted by Crippen LogP contribution is 2.30. The summed E-state index contributed by atoms with van der Waals surface area (Å²) in [7, 11) is 0. The molecule has 0 aliphatic rings. The van der Waals surface area contributed by atoms with Crippen LogP contribution in [0, 0.1) is 13.8 Å². The third-order valence-corrected chi connectivity index (χ3v) is 4.04. The van der Waals surface area contributed by atoms with Crippen LogP contribution in [0.2, 0.25) is 0 Å². The Morgan fingerprint density at radius 2 is 1.81 bits per heavy atom. The summed E-state index contributed by atoms with van der Waals surface area (Å²) < 4.78 is 6.96. The van der Waals surface area contributed by atoms with Gasteiger partial charge in [0.2, 0.25) is 5.88 Å². The summed E-state index contributed by atoms with van der Waals surface area (Å²) in [6, 6.07) is 5.80. The van der Waals surface area contributed by atoms with Gasteiger partial charge in [-0.15, -0.1) is 0 Å². The number of hydrogen-bond acceptors (Lipinski definition) is 4. The molecule has 0 aliphatic carbocycles. The van der Waals surface area contributed by atoms with Crippen LogP contribution in [0.5, 0.6) is 11.6 Å². The fourth-order valence-electron chi connectivity index (χ4n) is 1.74. The Hall–Kier alpha value is -1.62. The minimum Gasteiger partial charge on any atom is -0.439 e. The maximum Gasteiger partial charge on any atom is 0.227 e. The standard InChI is InChI=1S/C16H20BrN3O/c1-9-8-11(6-7-12(9)17)21-14-10(2)13(18)19-15(20-14)16(3,4)5/h6-8H,1-5H3,(H2,18,19,20). The minimum absolute atomic E-state index is 0.185. The largest absolute Gasteiger partial charge is 0.439 e. The molecule has 21 heavy (non-hydrogen) atoms. The monoisotopic (exact) mass is 349 g/mol. The molecule has 0 amide bonds. The van der Waals surface area contributed by atoms with Gasteiger partial charge in [0.1, 0.15) is 17.4 Å². The summed E-state index contributed by atoms with van der Waals surface area (Å²) in [6.07, 6.45) is 0. The van der Waals surface area contributed by atoms with E-state index in [1.165, 1.54) is 0 Å². The number of nitrogens with zero attached hydrogens (tertiary/aromatic N) is 2. The van der Waals surface area contributed by atoms with Crippen LogP contribution in [-0.4, -0.2) is 9.97 Å². The second kappa shape index (κ2) is 5.64. The number of anilines is 1. The first-order valence-corrected chi connectivity index (χ1v) is 7.56. The third-order valence-electron chi connectivity index (χ3n) is 3.15. The van der Waals surface area contributed by atoms with Gasteiger partial charge in [0.05, 0.1) is 5.56 Å². The lowest BCUT2D eigenvalue weighted by Crippen LogP contribution is -2.18. The van der Waals surface area contributed by atoms with Crippen molar-refractivity contribution in [3.63, 3.8) is 0 Å². The number of aryl methyl sites for hydroxylation is 1. The summed E-state index contributed by atoms with van der Waals surface area (Å²) in [6.45, 7) is 10.0. The average molecular weight is 350 g/mol. The predicted octanol–water partition coefficient (Wildman–Crippen LogP) is 4.53. The van der Waals surface area contributed by atoms with Crippen molar-refractivity contribution in [3.05, 3.63) is 39.6 Å². The van der Waals surface area contributed by atoms with Crippen LogP contribution in [0.25, 0.3) is 0 Å². The molecule has 0 saturated heterocycles. The minimum atomic E-state index is -0.185. The van der Waals surface area contributed by atoms with Gasteiger partial charge in [-0.2, -0.15) is 4.98 Å². The molecule has 0 fully saturated rings. The Balaban J connectivity index is 2.43. The SMILES string of the molecule is Cc1cc(Oc2nc(C(C)(C)C)nc(N)c2C)ccc1Br. The number of benzene rings is 1. The quantitative estimate of drug-likeness (QED) is 0.865. The van der Waals surface area contributed by atoms with E-state index in [1.54, 1.807) is 0 Å². The van der Waals surface area contributed by atoms with Crippen LogP contribution >= 0.6 is 15.9 Å². The van der Waals surface area contributed by atoms with E-state index >= 15 is 0 Å². The molecule has 1 aromatic carbocycles. The molecule has 0 aliphatic heterocycles. The van der Waals surface area contributed by atoms with Crippen LogP contribution in [0.1, 0.15) is 37.7 Å². The number of nitrogens with two attached hydrogens (primary N) is 1. The Kier molecular flexibility index (Phi) is 4.23. The van der Waals surface area contributed by atoms with Crippen molar-refractivity contribution >= 4 is 21.7 Å². The van der Waals surface area contributed by atoms with Crippen molar-refractivity contribution in [3.8, 4) is 11.6 Å². The second-order valence-electron chi connectivity index (χ2n) is 6.13. The summed E-state index contributed by atoms with van der Waals surface area (Å²) in [5.74, 6) is 2.37. The van der Waals surface area contributed by atoms with Crippen LogP contribution in [0.15, 0.2) is 22.7 Å². The van der Waals surface area contributed by atoms with E-state index in [1.807, 2.05) is 52.8 Å². The number of rotatable bonds is 2. The van der Waals surface area contributed by atoms with E-state index in [2.05, 4.69) is 25.9 Å². The van der Waals surface area contributed by atoms with Crippen LogP contribution < -0.4 is 10.5 Å². The highest BCUT2D eigenvalue weighted by atomic mass is 79.9. The first kappa shape index (κ1) is 15.8. The zero-order valence-electron chi connectivity index (χ0n) is 13.0. The van der Waals surface area contributed by atoms with Gasteiger partial charge in [0.15, 0.2) is 0 Å². The Morgan fingerprint density at radius 3 is 2.38 bits per heavy atom. The van der Waals surface area contributed by atoms with Gasteiger partial charge < -0.3 is 10.5 Å². The maximum atomic E-state index is 5.99. The maximum absolute atomic E-state index is 5.99. The number of halogens is 1. The van der Waals surface area contributed by atoms with Crippen molar-refractivity contribution in [1.82, 2.24) is 9.97 Å². The zero-order chi connectivity index (χ0) is 15.8. The molecule has 0 unspecified atom stereocenters. The van der Waals surface area contributed by atoms with Gasteiger partial charge >= 0.3 is 0 Å². The lowest BCUT2D eigenvalue weighted by molar-refractivity contribution is 0.442. The van der Waals surface area contributed by atoms with E-state index in [-0.39, 0.29) is 5.41 Å². The summed E-state index contributed by atoms with van der Waals surface area (Å²) in [5.41, 5.74) is 7.66. The van der Waals surface area contributed by atoms with Gasteiger partial charge in [-0.25, -0.2) is 4.98 Å². The summed E-state index contributed by atoms with van der Waals surface area (Å²) in [4.78, 5) is 8.88. The van der Waals surface area contributed by atoms with Gasteiger partial charge in [-0.3, -0.25) is 0 Å². The molecule has 1 aromatic heterocycles. The highest BCUT2D eigenvalue weighted by molar-refractivity contribution is 9.10. The smallest absolute Gasteiger partial charge is 0.227 e. The molecular weight excluding hydrogens is 330 g/mol. The van der Waals surface area contributed by atoms with Crippen LogP contribution in [0.4, 0.5) is 5.82 Å². The molecule has 4 nitrogen and oxygen atoms in total. The Labute approximate surface area is 133 Å². The molecule has 0 radical (unpaired) electrons. The molecule has 5 heteroatoms. The van der Waals surface area contributed by atoms with Gasteiger partial charge in [0.25, 0.3) is 0 Å². The molecule has 2 rings (SSSR count). The molecule has 2 N–H and O–H groups in total. The number of ether oxygens (including phenoxy) is 1. The van der Waals surface area contributed by atoms with Gasteiger partial charge in [-0.1, -0.05) is 36.7 Å². The molecule has 0 atom stereocenters. The predicted molar refractivity (Wildman–Crippen MR) is 88.8 cm³/mol. The molecular formula is C16H20BrN3O. The first-order chi connectivity index (χ1) is 9.68.